The van der Waals surface area contributed by atoms with E-state index in [4.69, 9.17) is 0 Å². The molecule has 138 valence electrons. The number of benzene rings is 1. The molecule has 0 aliphatic carbocycles. The molecular weight excluding hydrogens is 344 g/mol. The molecule has 3 heterocycles. The van der Waals surface area contributed by atoms with Crippen molar-refractivity contribution in [3.8, 4) is 0 Å². The fourth-order valence-corrected chi connectivity index (χ4v) is 4.99. The highest BCUT2D eigenvalue weighted by Crippen LogP contribution is 2.34. The highest BCUT2D eigenvalue weighted by Gasteiger charge is 2.38. The van der Waals surface area contributed by atoms with Gasteiger partial charge in [-0.05, 0) is 32.0 Å². The van der Waals surface area contributed by atoms with Gasteiger partial charge in [-0.2, -0.15) is 0 Å². The number of aliphatic imine (C=N–C) groups is 1. The summed E-state index contributed by atoms with van der Waals surface area (Å²) >= 11 is 1.64. The molecule has 1 amide bonds. The monoisotopic (exact) mass is 370 g/mol. The SMILES string of the molecule is Cc1ccc([C@@H]2CN(C(=O)CC3=CSC4=NCCN34)C[C@H]2N(C)C)cc1. The summed E-state index contributed by atoms with van der Waals surface area (Å²) in [6.07, 6.45) is 0.479. The van der Waals surface area contributed by atoms with Crippen LogP contribution in [0.3, 0.4) is 0 Å². The van der Waals surface area contributed by atoms with Gasteiger partial charge in [0.25, 0.3) is 0 Å². The Morgan fingerprint density at radius 3 is 2.77 bits per heavy atom. The first-order valence-electron chi connectivity index (χ1n) is 9.21. The van der Waals surface area contributed by atoms with Gasteiger partial charge in [0, 0.05) is 37.3 Å². The zero-order valence-electron chi connectivity index (χ0n) is 15.7. The summed E-state index contributed by atoms with van der Waals surface area (Å²) in [6.45, 7) is 5.46. The number of likely N-dealkylation sites (tertiary alicyclic amines) is 1. The lowest BCUT2D eigenvalue weighted by Gasteiger charge is -2.25. The second kappa shape index (κ2) is 7.08. The van der Waals surface area contributed by atoms with Crippen LogP contribution in [0, 0.1) is 6.92 Å². The predicted octanol–water partition coefficient (Wildman–Crippen LogP) is 2.50. The van der Waals surface area contributed by atoms with E-state index in [0.717, 1.165) is 37.0 Å². The van der Waals surface area contributed by atoms with Gasteiger partial charge in [-0.1, -0.05) is 41.6 Å². The lowest BCUT2D eigenvalue weighted by atomic mass is 9.93. The fourth-order valence-electron chi connectivity index (χ4n) is 4.04. The highest BCUT2D eigenvalue weighted by atomic mass is 32.2. The zero-order valence-corrected chi connectivity index (χ0v) is 16.5. The number of likely N-dealkylation sites (N-methyl/N-ethyl adjacent to an activating group) is 1. The van der Waals surface area contributed by atoms with E-state index in [1.807, 2.05) is 4.90 Å². The molecule has 1 aromatic rings. The van der Waals surface area contributed by atoms with E-state index in [-0.39, 0.29) is 5.91 Å². The van der Waals surface area contributed by atoms with Crippen LogP contribution >= 0.6 is 11.8 Å². The van der Waals surface area contributed by atoms with Crippen LogP contribution in [0.25, 0.3) is 0 Å². The second-order valence-corrected chi connectivity index (χ2v) is 8.40. The summed E-state index contributed by atoms with van der Waals surface area (Å²) in [5.74, 6) is 0.594. The molecule has 4 rings (SSSR count). The molecule has 1 fully saturated rings. The maximum absolute atomic E-state index is 13.0. The van der Waals surface area contributed by atoms with Gasteiger partial charge < -0.3 is 14.7 Å². The number of amides is 1. The minimum absolute atomic E-state index is 0.228. The molecule has 26 heavy (non-hydrogen) atoms. The molecule has 1 aromatic carbocycles. The van der Waals surface area contributed by atoms with Gasteiger partial charge in [0.1, 0.15) is 0 Å². The molecule has 0 unspecified atom stereocenters. The minimum Gasteiger partial charge on any atom is -0.340 e. The summed E-state index contributed by atoms with van der Waals surface area (Å²) in [6, 6.07) is 9.13. The molecule has 0 bridgehead atoms. The van der Waals surface area contributed by atoms with E-state index in [9.17, 15) is 4.79 Å². The van der Waals surface area contributed by atoms with Crippen LogP contribution < -0.4 is 0 Å². The molecule has 3 aliphatic rings. The highest BCUT2D eigenvalue weighted by molar-refractivity contribution is 8.16. The number of thioether (sulfide) groups is 1. The largest absolute Gasteiger partial charge is 0.340 e. The van der Waals surface area contributed by atoms with Crippen LogP contribution in [-0.2, 0) is 4.79 Å². The Morgan fingerprint density at radius 1 is 1.27 bits per heavy atom. The normalized spacial score (nSPS) is 24.9. The average molecular weight is 371 g/mol. The van der Waals surface area contributed by atoms with E-state index in [0.29, 0.717) is 18.4 Å². The van der Waals surface area contributed by atoms with Gasteiger partial charge in [0.2, 0.25) is 5.91 Å². The lowest BCUT2D eigenvalue weighted by Crippen LogP contribution is -2.36. The smallest absolute Gasteiger partial charge is 0.228 e. The topological polar surface area (TPSA) is 39.2 Å². The molecule has 6 heteroatoms. The van der Waals surface area contributed by atoms with Crippen molar-refractivity contribution in [2.75, 3.05) is 40.3 Å². The maximum Gasteiger partial charge on any atom is 0.228 e. The number of hydrogen-bond donors (Lipinski definition) is 0. The van der Waals surface area contributed by atoms with E-state index < -0.39 is 0 Å². The van der Waals surface area contributed by atoms with Gasteiger partial charge in [0.15, 0.2) is 5.17 Å². The van der Waals surface area contributed by atoms with Crippen LogP contribution in [-0.4, -0.2) is 72.1 Å². The third-order valence-corrected chi connectivity index (χ3v) is 6.54. The number of fused-ring (bicyclic) bond motifs is 1. The third-order valence-electron chi connectivity index (χ3n) is 5.59. The number of rotatable bonds is 4. The number of carbonyl (C=O) groups excluding carboxylic acids is 1. The maximum atomic E-state index is 13.0. The van der Waals surface area contributed by atoms with E-state index in [2.05, 4.69) is 65.5 Å². The minimum atomic E-state index is 0.228. The van der Waals surface area contributed by atoms with Crippen molar-refractivity contribution < 1.29 is 4.79 Å². The van der Waals surface area contributed by atoms with Gasteiger partial charge in [0.05, 0.1) is 13.0 Å². The summed E-state index contributed by atoms with van der Waals surface area (Å²) in [4.78, 5) is 23.9. The summed E-state index contributed by atoms with van der Waals surface area (Å²) < 4.78 is 0. The van der Waals surface area contributed by atoms with Crippen molar-refractivity contribution in [1.29, 1.82) is 0 Å². The average Bonchev–Trinajstić information content (AvgIpc) is 3.32. The lowest BCUT2D eigenvalue weighted by molar-refractivity contribution is -0.129. The molecule has 0 aromatic heterocycles. The Morgan fingerprint density at radius 2 is 2.04 bits per heavy atom. The van der Waals surface area contributed by atoms with E-state index in [1.54, 1.807) is 11.8 Å². The molecular formula is C20H26N4OS. The second-order valence-electron chi connectivity index (χ2n) is 7.57. The molecule has 2 atom stereocenters. The first-order chi connectivity index (χ1) is 12.5. The molecule has 3 aliphatic heterocycles. The van der Waals surface area contributed by atoms with Gasteiger partial charge in [-0.3, -0.25) is 9.79 Å². The van der Waals surface area contributed by atoms with Crippen LogP contribution in [0.4, 0.5) is 0 Å². The number of hydrogen-bond acceptors (Lipinski definition) is 5. The summed E-state index contributed by atoms with van der Waals surface area (Å²) in [5.41, 5.74) is 3.71. The molecule has 0 saturated carbocycles. The molecule has 0 N–H and O–H groups in total. The Bertz CT molecular complexity index is 756. The Labute approximate surface area is 159 Å². The molecule has 0 radical (unpaired) electrons. The van der Waals surface area contributed by atoms with Gasteiger partial charge >= 0.3 is 0 Å². The first-order valence-corrected chi connectivity index (χ1v) is 10.1. The van der Waals surface area contributed by atoms with E-state index in [1.165, 1.54) is 11.1 Å². The molecule has 5 nitrogen and oxygen atoms in total. The van der Waals surface area contributed by atoms with Crippen molar-refractivity contribution in [3.05, 3.63) is 46.5 Å². The predicted molar refractivity (Wildman–Crippen MR) is 107 cm³/mol. The van der Waals surface area contributed by atoms with Crippen molar-refractivity contribution in [1.82, 2.24) is 14.7 Å². The first kappa shape index (κ1) is 17.6. The van der Waals surface area contributed by atoms with Crippen LogP contribution in [0.15, 0.2) is 40.4 Å². The standard InChI is InChI=1S/C20H26N4OS/c1-14-4-6-15(7-5-14)17-11-23(12-18(17)22(2)3)19(25)10-16-13-26-20-21-8-9-24(16)20/h4-7,13,17-18H,8-12H2,1-3H3/t17-,18+/m0/s1. The Kier molecular flexibility index (Phi) is 4.80. The number of amidine groups is 1. The Balaban J connectivity index is 1.46. The number of nitrogens with zero attached hydrogens (tertiary/aromatic N) is 4. The quantitative estimate of drug-likeness (QED) is 0.816. The van der Waals surface area contributed by atoms with E-state index >= 15 is 0 Å². The third kappa shape index (κ3) is 3.28. The fraction of sp³-hybridized carbons (Fsp3) is 0.500. The van der Waals surface area contributed by atoms with Crippen molar-refractivity contribution in [2.24, 2.45) is 4.99 Å². The van der Waals surface area contributed by atoms with Gasteiger partial charge in [-0.15, -0.1) is 0 Å². The number of aryl methyl sites for hydroxylation is 1. The number of carbonyl (C=O) groups is 1. The van der Waals surface area contributed by atoms with Crippen LogP contribution in [0.1, 0.15) is 23.5 Å². The van der Waals surface area contributed by atoms with Crippen molar-refractivity contribution in [3.63, 3.8) is 0 Å². The summed E-state index contributed by atoms with van der Waals surface area (Å²) in [7, 11) is 4.23. The van der Waals surface area contributed by atoms with Crippen molar-refractivity contribution >= 4 is 22.8 Å². The Hall–Kier alpha value is -1.79. The summed E-state index contributed by atoms with van der Waals surface area (Å²) in [5, 5.41) is 3.14. The van der Waals surface area contributed by atoms with Gasteiger partial charge in [-0.25, -0.2) is 0 Å². The molecule has 1 saturated heterocycles. The zero-order chi connectivity index (χ0) is 18.3. The van der Waals surface area contributed by atoms with Crippen LogP contribution in [0.2, 0.25) is 0 Å². The van der Waals surface area contributed by atoms with Crippen LogP contribution in [0.5, 0.6) is 0 Å². The molecule has 0 spiro atoms. The van der Waals surface area contributed by atoms with Crippen molar-refractivity contribution in [2.45, 2.75) is 25.3 Å².